The number of ether oxygens (including phenoxy) is 2. The Morgan fingerprint density at radius 2 is 2.16 bits per heavy atom. The van der Waals surface area contributed by atoms with Crippen molar-refractivity contribution in [1.29, 1.82) is 5.26 Å². The van der Waals surface area contributed by atoms with E-state index in [2.05, 4.69) is 32.4 Å². The number of nitrogens with one attached hydrogen (secondary N) is 4. The first-order valence-electron chi connectivity index (χ1n) is 10.4. The van der Waals surface area contributed by atoms with E-state index in [4.69, 9.17) is 9.47 Å². The number of nitrogens with zero attached hydrogens (tertiary/aromatic N) is 3. The van der Waals surface area contributed by atoms with Gasteiger partial charge in [0.05, 0.1) is 43.2 Å². The summed E-state index contributed by atoms with van der Waals surface area (Å²) in [6.07, 6.45) is 1.92. The molecule has 2 aliphatic rings. The van der Waals surface area contributed by atoms with E-state index in [0.29, 0.717) is 30.0 Å². The molecule has 0 bridgehead atoms. The average molecular weight is 438 g/mol. The van der Waals surface area contributed by atoms with Crippen molar-refractivity contribution in [3.05, 3.63) is 47.7 Å². The molecule has 2 saturated heterocycles. The Hall–Kier alpha value is -3.39. The molecule has 2 fully saturated rings. The minimum absolute atomic E-state index is 0.00549. The van der Waals surface area contributed by atoms with Gasteiger partial charge in [0.2, 0.25) is 5.91 Å². The van der Waals surface area contributed by atoms with Crippen LogP contribution in [0.4, 0.5) is 11.5 Å². The van der Waals surface area contributed by atoms with Crippen molar-refractivity contribution in [2.45, 2.75) is 31.4 Å². The second-order valence-corrected chi connectivity index (χ2v) is 7.86. The van der Waals surface area contributed by atoms with Gasteiger partial charge in [-0.3, -0.25) is 15.1 Å². The topological polar surface area (TPSA) is 124 Å². The van der Waals surface area contributed by atoms with E-state index in [0.717, 1.165) is 11.4 Å². The van der Waals surface area contributed by atoms with Crippen LogP contribution in [0.5, 0.6) is 5.75 Å². The fourth-order valence-electron chi connectivity index (χ4n) is 4.35. The van der Waals surface area contributed by atoms with Crippen LogP contribution < -0.4 is 26.1 Å². The van der Waals surface area contributed by atoms with Gasteiger partial charge in [0.25, 0.3) is 0 Å². The summed E-state index contributed by atoms with van der Waals surface area (Å²) in [4.78, 5) is 17.3. The Morgan fingerprint density at radius 1 is 1.31 bits per heavy atom. The molecule has 4 rings (SSSR count). The first-order valence-corrected chi connectivity index (χ1v) is 10.4. The van der Waals surface area contributed by atoms with Crippen molar-refractivity contribution in [2.24, 2.45) is 5.92 Å². The average Bonchev–Trinajstić information content (AvgIpc) is 3.07. The van der Waals surface area contributed by atoms with Crippen LogP contribution in [-0.2, 0) is 16.1 Å². The van der Waals surface area contributed by atoms with Gasteiger partial charge in [-0.25, -0.2) is 10.4 Å². The van der Waals surface area contributed by atoms with Crippen molar-refractivity contribution in [3.8, 4) is 11.8 Å². The number of hydrogen-bond donors (Lipinski definition) is 4. The number of aromatic nitrogens is 1. The third-order valence-electron chi connectivity index (χ3n) is 5.75. The standard InChI is InChI=1S/C22H27N7O3/c1-29-22(30)19-16(25-15-6-4-5-14(11-23)20(15)32-3)10-18(27-21(19)28-29)26-17-9-13(12-31-2)7-8-24-17/h4-9,16,18-19,21,25,27-28H,10,12H2,1-3H3,(H,24,26). The van der Waals surface area contributed by atoms with Crippen LogP contribution in [0, 0.1) is 17.2 Å². The number of rotatable bonds is 7. The highest BCUT2D eigenvalue weighted by Crippen LogP contribution is 2.33. The molecule has 4 atom stereocenters. The highest BCUT2D eigenvalue weighted by molar-refractivity contribution is 5.82. The lowest BCUT2D eigenvalue weighted by Crippen LogP contribution is -2.60. The number of carbonyl (C=O) groups excluding carboxylic acids is 1. The van der Waals surface area contributed by atoms with Crippen molar-refractivity contribution in [2.75, 3.05) is 31.9 Å². The van der Waals surface area contributed by atoms with E-state index in [1.54, 1.807) is 32.5 Å². The van der Waals surface area contributed by atoms with Gasteiger partial charge in [0, 0.05) is 32.8 Å². The highest BCUT2D eigenvalue weighted by Gasteiger charge is 2.48. The van der Waals surface area contributed by atoms with Gasteiger partial charge in [-0.2, -0.15) is 5.26 Å². The summed E-state index contributed by atoms with van der Waals surface area (Å²) in [5.74, 6) is 0.849. The number of hydrazine groups is 1. The maximum absolute atomic E-state index is 12.9. The third kappa shape index (κ3) is 4.31. The van der Waals surface area contributed by atoms with Crippen molar-refractivity contribution >= 4 is 17.4 Å². The molecule has 0 spiro atoms. The molecule has 168 valence electrons. The predicted molar refractivity (Wildman–Crippen MR) is 118 cm³/mol. The zero-order chi connectivity index (χ0) is 22.7. The maximum Gasteiger partial charge on any atom is 0.244 e. The van der Waals surface area contributed by atoms with Gasteiger partial charge in [-0.1, -0.05) is 6.07 Å². The van der Waals surface area contributed by atoms with E-state index in [1.165, 1.54) is 12.1 Å². The number of para-hydroxylation sites is 1. The van der Waals surface area contributed by atoms with Crippen molar-refractivity contribution in [1.82, 2.24) is 20.7 Å². The zero-order valence-electron chi connectivity index (χ0n) is 18.3. The number of piperidine rings is 1. The SMILES string of the molecule is COCc1ccnc(NC2CC(Nc3cccc(C#N)c3OC)C3C(=O)N(C)NC3N2)c1. The smallest absolute Gasteiger partial charge is 0.244 e. The lowest BCUT2D eigenvalue weighted by atomic mass is 9.88. The molecule has 2 aromatic rings. The number of carbonyl (C=O) groups is 1. The molecule has 32 heavy (non-hydrogen) atoms. The van der Waals surface area contributed by atoms with Crippen molar-refractivity contribution in [3.63, 3.8) is 0 Å². The van der Waals surface area contributed by atoms with Crippen LogP contribution >= 0.6 is 0 Å². The Kier molecular flexibility index (Phi) is 6.41. The molecule has 1 amide bonds. The Bertz CT molecular complexity index is 1020. The van der Waals surface area contributed by atoms with Crippen LogP contribution in [0.15, 0.2) is 36.5 Å². The van der Waals surface area contributed by atoms with E-state index in [-0.39, 0.29) is 30.2 Å². The monoisotopic (exact) mass is 437 g/mol. The normalized spacial score (nSPS) is 24.6. The molecule has 4 N–H and O–H groups in total. The second kappa shape index (κ2) is 9.40. The summed E-state index contributed by atoms with van der Waals surface area (Å²) in [6.45, 7) is 0.500. The first-order chi connectivity index (χ1) is 15.5. The maximum atomic E-state index is 12.9. The molecular weight excluding hydrogens is 410 g/mol. The number of hydrogen-bond acceptors (Lipinski definition) is 9. The zero-order valence-corrected chi connectivity index (χ0v) is 18.3. The van der Waals surface area contributed by atoms with E-state index in [1.807, 2.05) is 18.2 Å². The Labute approximate surface area is 186 Å². The van der Waals surface area contributed by atoms with Gasteiger partial charge in [0.1, 0.15) is 11.9 Å². The predicted octanol–water partition coefficient (Wildman–Crippen LogP) is 1.24. The lowest BCUT2D eigenvalue weighted by molar-refractivity contribution is -0.131. The second-order valence-electron chi connectivity index (χ2n) is 7.86. The van der Waals surface area contributed by atoms with Gasteiger partial charge in [0.15, 0.2) is 5.75 Å². The molecule has 10 heteroatoms. The van der Waals surface area contributed by atoms with E-state index >= 15 is 0 Å². The largest absolute Gasteiger partial charge is 0.493 e. The first kappa shape index (κ1) is 21.8. The van der Waals surface area contributed by atoms with Crippen LogP contribution in [0.2, 0.25) is 0 Å². The molecule has 1 aromatic carbocycles. The molecule has 10 nitrogen and oxygen atoms in total. The van der Waals surface area contributed by atoms with Crippen LogP contribution in [0.1, 0.15) is 17.5 Å². The number of benzene rings is 1. The number of fused-ring (bicyclic) bond motifs is 1. The summed E-state index contributed by atoms with van der Waals surface area (Å²) >= 11 is 0. The lowest BCUT2D eigenvalue weighted by Gasteiger charge is -2.39. The molecule has 2 aliphatic heterocycles. The minimum Gasteiger partial charge on any atom is -0.493 e. The van der Waals surface area contributed by atoms with E-state index in [9.17, 15) is 10.1 Å². The quantitative estimate of drug-likeness (QED) is 0.506. The summed E-state index contributed by atoms with van der Waals surface area (Å²) < 4.78 is 10.7. The summed E-state index contributed by atoms with van der Waals surface area (Å²) in [7, 11) is 4.90. The van der Waals surface area contributed by atoms with Crippen LogP contribution in [0.25, 0.3) is 0 Å². The Balaban J connectivity index is 1.58. The summed E-state index contributed by atoms with van der Waals surface area (Å²) in [5.41, 5.74) is 5.32. The third-order valence-corrected chi connectivity index (χ3v) is 5.75. The number of anilines is 2. The van der Waals surface area contributed by atoms with Gasteiger partial charge in [-0.05, 0) is 29.8 Å². The molecule has 3 heterocycles. The number of amides is 1. The number of pyridine rings is 1. The molecule has 0 radical (unpaired) electrons. The fourth-order valence-corrected chi connectivity index (χ4v) is 4.35. The minimum atomic E-state index is -0.332. The van der Waals surface area contributed by atoms with Crippen LogP contribution in [0.3, 0.4) is 0 Å². The highest BCUT2D eigenvalue weighted by atomic mass is 16.5. The van der Waals surface area contributed by atoms with Gasteiger partial charge in [-0.15, -0.1) is 0 Å². The van der Waals surface area contributed by atoms with Crippen LogP contribution in [-0.4, -0.2) is 55.5 Å². The summed E-state index contributed by atoms with van der Waals surface area (Å²) in [5, 5.41) is 21.3. The Morgan fingerprint density at radius 3 is 2.91 bits per heavy atom. The molecular formula is C22H27N7O3. The van der Waals surface area contributed by atoms with E-state index < -0.39 is 0 Å². The molecule has 1 aromatic heterocycles. The van der Waals surface area contributed by atoms with Crippen molar-refractivity contribution < 1.29 is 14.3 Å². The van der Waals surface area contributed by atoms with Gasteiger partial charge < -0.3 is 20.1 Å². The van der Waals surface area contributed by atoms with Gasteiger partial charge >= 0.3 is 0 Å². The molecule has 4 unspecified atom stereocenters. The number of nitriles is 1. The molecule has 0 aliphatic carbocycles. The number of methoxy groups -OCH3 is 2. The fraction of sp³-hybridized carbons (Fsp3) is 0.409. The molecule has 0 saturated carbocycles. The summed E-state index contributed by atoms with van der Waals surface area (Å²) in [6, 6.07) is 11.1.